The van der Waals surface area contributed by atoms with Crippen molar-refractivity contribution in [1.82, 2.24) is 14.2 Å². The number of nitrogens with one attached hydrogen (secondary N) is 1. The second-order valence-corrected chi connectivity index (χ2v) is 3.51. The number of aromatic amines is 1. The minimum absolute atomic E-state index is 0.382. The van der Waals surface area contributed by atoms with Crippen LogP contribution >= 0.6 is 0 Å². The Morgan fingerprint density at radius 3 is 2.50 bits per heavy atom. The fourth-order valence-electron chi connectivity index (χ4n) is 0.480. The van der Waals surface area contributed by atoms with Gasteiger partial charge >= 0.3 is 5.69 Å². The molecule has 0 fully saturated rings. The molecule has 1 aromatic heterocycles. The van der Waals surface area contributed by atoms with Crippen LogP contribution in [-0.2, 0) is 10.0 Å². The van der Waals surface area contributed by atoms with Crippen LogP contribution < -0.4 is 5.69 Å². The summed E-state index contributed by atoms with van der Waals surface area (Å²) in [5.41, 5.74) is -0.748. The highest BCUT2D eigenvalue weighted by Gasteiger charge is 2.08. The van der Waals surface area contributed by atoms with Gasteiger partial charge in [-0.25, -0.2) is 13.2 Å². The van der Waals surface area contributed by atoms with Crippen LogP contribution in [0.1, 0.15) is 0 Å². The smallest absolute Gasteiger partial charge is 0.294 e. The Morgan fingerprint density at radius 1 is 1.70 bits per heavy atom. The fourth-order valence-corrected chi connectivity index (χ4v) is 1.05. The first-order valence-electron chi connectivity index (χ1n) is 2.35. The maximum absolute atomic E-state index is 10.6. The lowest BCUT2D eigenvalue weighted by Crippen LogP contribution is -2.24. The molecule has 0 aliphatic carbocycles. The molecule has 1 heterocycles. The lowest BCUT2D eigenvalue weighted by atomic mass is 11.3. The molecular weight excluding hydrogens is 158 g/mol. The number of hydrogen-bond acceptors (Lipinski definition) is 4. The molecule has 0 amide bonds. The van der Waals surface area contributed by atoms with Crippen LogP contribution in [0.2, 0.25) is 0 Å². The van der Waals surface area contributed by atoms with Crippen molar-refractivity contribution in [3.8, 4) is 0 Å². The van der Waals surface area contributed by atoms with Crippen molar-refractivity contribution in [3.63, 3.8) is 0 Å². The van der Waals surface area contributed by atoms with E-state index >= 15 is 0 Å². The zero-order valence-electron chi connectivity index (χ0n) is 5.10. The summed E-state index contributed by atoms with van der Waals surface area (Å²) in [6.07, 6.45) is 1.92. The van der Waals surface area contributed by atoms with E-state index in [0.717, 1.165) is 12.6 Å². The molecule has 0 radical (unpaired) electrons. The van der Waals surface area contributed by atoms with Crippen molar-refractivity contribution < 1.29 is 8.42 Å². The monoisotopic (exact) mass is 163 g/mol. The molecule has 1 aromatic rings. The first kappa shape index (κ1) is 7.00. The van der Waals surface area contributed by atoms with E-state index in [1.165, 1.54) is 0 Å². The Labute approximate surface area is 56.5 Å². The first-order chi connectivity index (χ1) is 4.52. The second kappa shape index (κ2) is 1.94. The first-order valence-corrected chi connectivity index (χ1v) is 4.20. The van der Waals surface area contributed by atoms with Crippen LogP contribution in [0, 0.1) is 0 Å². The number of hydrogen-bond donors (Lipinski definition) is 1. The Hall–Kier alpha value is -1.11. The molecule has 7 heteroatoms. The van der Waals surface area contributed by atoms with Gasteiger partial charge in [0.25, 0.3) is 10.0 Å². The van der Waals surface area contributed by atoms with Crippen LogP contribution in [0.25, 0.3) is 0 Å². The molecule has 0 bridgehead atoms. The van der Waals surface area contributed by atoms with E-state index in [2.05, 4.69) is 10.1 Å². The van der Waals surface area contributed by atoms with Gasteiger partial charge < -0.3 is 0 Å². The highest BCUT2D eigenvalue weighted by molar-refractivity contribution is 7.89. The summed E-state index contributed by atoms with van der Waals surface area (Å²) in [5, 5.41) is 3.25. The highest BCUT2D eigenvalue weighted by atomic mass is 32.2. The summed E-state index contributed by atoms with van der Waals surface area (Å²) in [5.74, 6) is 0. The molecule has 0 spiro atoms. The Bertz CT molecular complexity index is 372. The van der Waals surface area contributed by atoms with E-state index in [0.29, 0.717) is 4.09 Å². The van der Waals surface area contributed by atoms with Crippen molar-refractivity contribution in [3.05, 3.63) is 16.8 Å². The van der Waals surface area contributed by atoms with Crippen LogP contribution in [0.15, 0.2) is 11.1 Å². The van der Waals surface area contributed by atoms with Crippen LogP contribution in [-0.4, -0.2) is 28.8 Å². The second-order valence-electron chi connectivity index (χ2n) is 1.70. The minimum atomic E-state index is -3.53. The van der Waals surface area contributed by atoms with Crippen LogP contribution in [0.5, 0.6) is 0 Å². The summed E-state index contributed by atoms with van der Waals surface area (Å²) in [6, 6.07) is 0. The summed E-state index contributed by atoms with van der Waals surface area (Å²) in [7, 11) is -3.53. The van der Waals surface area contributed by atoms with E-state index < -0.39 is 15.7 Å². The van der Waals surface area contributed by atoms with Crippen molar-refractivity contribution >= 4 is 10.0 Å². The zero-order valence-corrected chi connectivity index (χ0v) is 5.92. The molecule has 1 rings (SSSR count). The van der Waals surface area contributed by atoms with Gasteiger partial charge in [0, 0.05) is 0 Å². The molecule has 0 aromatic carbocycles. The van der Waals surface area contributed by atoms with Gasteiger partial charge in [-0.05, 0) is 0 Å². The minimum Gasteiger partial charge on any atom is -0.294 e. The SMILES string of the molecule is CS(=O)(=O)n1nc[nH]c1=O. The maximum Gasteiger partial charge on any atom is 0.357 e. The van der Waals surface area contributed by atoms with Crippen LogP contribution in [0.4, 0.5) is 0 Å². The third-order valence-corrected chi connectivity index (χ3v) is 1.73. The van der Waals surface area contributed by atoms with Gasteiger partial charge in [-0.1, -0.05) is 0 Å². The number of nitrogens with zero attached hydrogens (tertiary/aromatic N) is 2. The van der Waals surface area contributed by atoms with Gasteiger partial charge in [-0.2, -0.15) is 0 Å². The highest BCUT2D eigenvalue weighted by Crippen LogP contribution is 1.79. The lowest BCUT2D eigenvalue weighted by Gasteiger charge is -1.89. The summed E-state index contributed by atoms with van der Waals surface area (Å²) in [4.78, 5) is 12.6. The lowest BCUT2D eigenvalue weighted by molar-refractivity contribution is 0.584. The molecule has 0 aliphatic heterocycles. The molecule has 0 saturated carbocycles. The topological polar surface area (TPSA) is 84.8 Å². The Kier molecular flexibility index (Phi) is 1.36. The fraction of sp³-hybridized carbons (Fsp3) is 0.333. The average molecular weight is 163 g/mol. The van der Waals surface area contributed by atoms with Crippen molar-refractivity contribution in [1.29, 1.82) is 0 Å². The van der Waals surface area contributed by atoms with E-state index in [1.807, 2.05) is 0 Å². The molecule has 0 aliphatic rings. The standard InChI is InChI=1S/C3H5N3O3S/c1-10(8,9)6-3(7)4-2-5-6/h2H,1H3,(H,4,5,7). The summed E-state index contributed by atoms with van der Waals surface area (Å²) >= 11 is 0. The Balaban J connectivity index is 3.47. The van der Waals surface area contributed by atoms with Gasteiger partial charge in [0.05, 0.1) is 6.26 Å². The predicted octanol–water partition coefficient (Wildman–Crippen LogP) is -1.62. The van der Waals surface area contributed by atoms with Crippen molar-refractivity contribution in [2.24, 2.45) is 0 Å². The number of H-pyrrole nitrogens is 1. The van der Waals surface area contributed by atoms with Gasteiger partial charge in [0.2, 0.25) is 0 Å². The van der Waals surface area contributed by atoms with E-state index in [-0.39, 0.29) is 0 Å². The quantitative estimate of drug-likeness (QED) is 0.539. The molecule has 6 nitrogen and oxygen atoms in total. The van der Waals surface area contributed by atoms with Gasteiger partial charge in [0.15, 0.2) is 0 Å². The molecule has 0 atom stereocenters. The number of aromatic nitrogens is 3. The molecule has 0 unspecified atom stereocenters. The zero-order chi connectivity index (χ0) is 7.78. The van der Waals surface area contributed by atoms with E-state index in [9.17, 15) is 13.2 Å². The molecule has 10 heavy (non-hydrogen) atoms. The molecule has 56 valence electrons. The molecule has 1 N–H and O–H groups in total. The van der Waals surface area contributed by atoms with Gasteiger partial charge in [-0.15, -0.1) is 9.19 Å². The summed E-state index contributed by atoms with van der Waals surface area (Å²) in [6.45, 7) is 0. The van der Waals surface area contributed by atoms with Crippen molar-refractivity contribution in [2.75, 3.05) is 6.26 Å². The average Bonchev–Trinajstić information content (AvgIpc) is 2.11. The maximum atomic E-state index is 10.6. The largest absolute Gasteiger partial charge is 0.357 e. The van der Waals surface area contributed by atoms with E-state index in [4.69, 9.17) is 0 Å². The normalized spacial score (nSPS) is 11.7. The Morgan fingerprint density at radius 2 is 2.30 bits per heavy atom. The number of rotatable bonds is 1. The van der Waals surface area contributed by atoms with Crippen LogP contribution in [0.3, 0.4) is 0 Å². The predicted molar refractivity (Wildman–Crippen MR) is 33.1 cm³/mol. The third-order valence-electron chi connectivity index (χ3n) is 0.839. The van der Waals surface area contributed by atoms with E-state index in [1.54, 1.807) is 0 Å². The van der Waals surface area contributed by atoms with Crippen molar-refractivity contribution in [2.45, 2.75) is 0 Å². The van der Waals surface area contributed by atoms with Gasteiger partial charge in [-0.3, -0.25) is 4.98 Å². The molecule has 0 saturated heterocycles. The summed E-state index contributed by atoms with van der Waals surface area (Å²) < 4.78 is 21.6. The third kappa shape index (κ3) is 1.08. The molecular formula is C3H5N3O3S. The van der Waals surface area contributed by atoms with Gasteiger partial charge in [0.1, 0.15) is 6.33 Å².